The molecule has 2 rings (SSSR count). The fourth-order valence-electron chi connectivity index (χ4n) is 2.32. The van der Waals surface area contributed by atoms with Crippen molar-refractivity contribution in [1.29, 1.82) is 0 Å². The molecule has 0 radical (unpaired) electrons. The SMILES string of the molecule is CC(O)CCCNC(=O)c1cn(C2CCNCC2)nn1. The van der Waals surface area contributed by atoms with Crippen molar-refractivity contribution in [2.24, 2.45) is 0 Å². The van der Waals surface area contributed by atoms with Crippen LogP contribution in [0.15, 0.2) is 6.20 Å². The average molecular weight is 281 g/mol. The van der Waals surface area contributed by atoms with E-state index in [2.05, 4.69) is 20.9 Å². The zero-order chi connectivity index (χ0) is 14.4. The Hall–Kier alpha value is -1.47. The van der Waals surface area contributed by atoms with Gasteiger partial charge >= 0.3 is 0 Å². The van der Waals surface area contributed by atoms with E-state index < -0.39 is 0 Å². The molecule has 2 heterocycles. The summed E-state index contributed by atoms with van der Waals surface area (Å²) in [6, 6.07) is 0.334. The summed E-state index contributed by atoms with van der Waals surface area (Å²) in [5, 5.41) is 23.2. The zero-order valence-corrected chi connectivity index (χ0v) is 11.9. The largest absolute Gasteiger partial charge is 0.393 e. The van der Waals surface area contributed by atoms with Gasteiger partial charge in [0.2, 0.25) is 0 Å². The second-order valence-electron chi connectivity index (χ2n) is 5.31. The lowest BCUT2D eigenvalue weighted by atomic mass is 10.1. The van der Waals surface area contributed by atoms with E-state index in [0.29, 0.717) is 24.7 Å². The van der Waals surface area contributed by atoms with Crippen molar-refractivity contribution in [3.05, 3.63) is 11.9 Å². The molecule has 3 N–H and O–H groups in total. The monoisotopic (exact) mass is 281 g/mol. The summed E-state index contributed by atoms with van der Waals surface area (Å²) in [5.74, 6) is -0.198. The van der Waals surface area contributed by atoms with Crippen molar-refractivity contribution in [3.8, 4) is 0 Å². The minimum atomic E-state index is -0.326. The Balaban J connectivity index is 1.80. The maximum Gasteiger partial charge on any atom is 0.273 e. The molecule has 1 atom stereocenters. The fraction of sp³-hybridized carbons (Fsp3) is 0.769. The third-order valence-corrected chi connectivity index (χ3v) is 3.51. The normalized spacial score (nSPS) is 17.9. The van der Waals surface area contributed by atoms with Crippen molar-refractivity contribution >= 4 is 5.91 Å². The Morgan fingerprint density at radius 3 is 3.05 bits per heavy atom. The van der Waals surface area contributed by atoms with Crippen LogP contribution in [0.3, 0.4) is 0 Å². The molecule has 1 saturated heterocycles. The van der Waals surface area contributed by atoms with Gasteiger partial charge in [-0.15, -0.1) is 5.10 Å². The molecule has 112 valence electrons. The van der Waals surface area contributed by atoms with Gasteiger partial charge in [-0.1, -0.05) is 5.21 Å². The van der Waals surface area contributed by atoms with Gasteiger partial charge in [0.15, 0.2) is 5.69 Å². The van der Waals surface area contributed by atoms with Crippen LogP contribution in [0, 0.1) is 0 Å². The lowest BCUT2D eigenvalue weighted by Crippen LogP contribution is -2.29. The number of carbonyl (C=O) groups is 1. The number of aliphatic hydroxyl groups is 1. The van der Waals surface area contributed by atoms with Gasteiger partial charge in [0.05, 0.1) is 18.3 Å². The quantitative estimate of drug-likeness (QED) is 0.643. The van der Waals surface area contributed by atoms with Gasteiger partial charge < -0.3 is 15.7 Å². The van der Waals surface area contributed by atoms with Crippen LogP contribution in [0.4, 0.5) is 0 Å². The highest BCUT2D eigenvalue weighted by Gasteiger charge is 2.18. The molecule has 1 amide bonds. The molecule has 0 aliphatic carbocycles. The second-order valence-corrected chi connectivity index (χ2v) is 5.31. The number of rotatable bonds is 6. The molecule has 7 nitrogen and oxygen atoms in total. The van der Waals surface area contributed by atoms with Crippen molar-refractivity contribution in [2.45, 2.75) is 44.8 Å². The first-order valence-corrected chi connectivity index (χ1v) is 7.25. The van der Waals surface area contributed by atoms with E-state index in [1.807, 2.05) is 0 Å². The van der Waals surface area contributed by atoms with Crippen LogP contribution in [-0.2, 0) is 0 Å². The van der Waals surface area contributed by atoms with Crippen molar-refractivity contribution in [3.63, 3.8) is 0 Å². The Kier molecular flexibility index (Phi) is 5.49. The van der Waals surface area contributed by atoms with Gasteiger partial charge in [-0.3, -0.25) is 4.79 Å². The number of aromatic nitrogens is 3. The topological polar surface area (TPSA) is 92.1 Å². The smallest absolute Gasteiger partial charge is 0.273 e. The van der Waals surface area contributed by atoms with E-state index >= 15 is 0 Å². The number of hydrogen-bond donors (Lipinski definition) is 3. The molecular weight excluding hydrogens is 258 g/mol. The van der Waals surface area contributed by atoms with E-state index in [-0.39, 0.29) is 12.0 Å². The van der Waals surface area contributed by atoms with Crippen molar-refractivity contribution < 1.29 is 9.90 Å². The lowest BCUT2D eigenvalue weighted by Gasteiger charge is -2.22. The molecule has 20 heavy (non-hydrogen) atoms. The molecule has 1 aliphatic rings. The van der Waals surface area contributed by atoms with Gasteiger partial charge in [-0.25, -0.2) is 4.68 Å². The summed E-state index contributed by atoms with van der Waals surface area (Å²) in [6.45, 7) is 4.24. The molecule has 1 aromatic heterocycles. The minimum Gasteiger partial charge on any atom is -0.393 e. The first-order chi connectivity index (χ1) is 9.66. The predicted octanol–water partition coefficient (Wildman–Crippen LogP) is 0.0934. The minimum absolute atomic E-state index is 0.198. The molecule has 1 fully saturated rings. The molecule has 1 unspecified atom stereocenters. The van der Waals surface area contributed by atoms with Crippen molar-refractivity contribution in [1.82, 2.24) is 25.6 Å². The molecule has 1 aromatic rings. The third-order valence-electron chi connectivity index (χ3n) is 3.51. The highest BCUT2D eigenvalue weighted by atomic mass is 16.3. The lowest BCUT2D eigenvalue weighted by molar-refractivity contribution is 0.0944. The molecule has 7 heteroatoms. The molecule has 0 bridgehead atoms. The summed E-state index contributed by atoms with van der Waals surface area (Å²) < 4.78 is 1.80. The predicted molar refractivity (Wildman–Crippen MR) is 74.4 cm³/mol. The molecule has 0 saturated carbocycles. The van der Waals surface area contributed by atoms with Gasteiger partial charge in [0.1, 0.15) is 0 Å². The van der Waals surface area contributed by atoms with Crippen LogP contribution in [-0.4, -0.2) is 51.7 Å². The van der Waals surface area contributed by atoms with Gasteiger partial charge in [-0.2, -0.15) is 0 Å². The first-order valence-electron chi connectivity index (χ1n) is 7.25. The number of carbonyl (C=O) groups excluding carboxylic acids is 1. The highest BCUT2D eigenvalue weighted by molar-refractivity contribution is 5.91. The van der Waals surface area contributed by atoms with E-state index in [9.17, 15) is 4.79 Å². The van der Waals surface area contributed by atoms with E-state index in [1.54, 1.807) is 17.8 Å². The third kappa shape index (κ3) is 4.28. The number of aliphatic hydroxyl groups excluding tert-OH is 1. The molecular formula is C13H23N5O2. The molecule has 0 aromatic carbocycles. The summed E-state index contributed by atoms with van der Waals surface area (Å²) in [5.41, 5.74) is 0.362. The van der Waals surface area contributed by atoms with Gasteiger partial charge in [0, 0.05) is 6.54 Å². The second kappa shape index (κ2) is 7.35. The zero-order valence-electron chi connectivity index (χ0n) is 11.9. The summed E-state index contributed by atoms with van der Waals surface area (Å²) >= 11 is 0. The number of amides is 1. The average Bonchev–Trinajstić information content (AvgIpc) is 2.94. The van der Waals surface area contributed by atoms with E-state index in [1.165, 1.54) is 0 Å². The number of nitrogens with zero attached hydrogens (tertiary/aromatic N) is 3. The summed E-state index contributed by atoms with van der Waals surface area (Å²) in [4.78, 5) is 11.9. The number of hydrogen-bond acceptors (Lipinski definition) is 5. The van der Waals surface area contributed by atoms with Crippen LogP contribution in [0.2, 0.25) is 0 Å². The van der Waals surface area contributed by atoms with Gasteiger partial charge in [0.25, 0.3) is 5.91 Å². The van der Waals surface area contributed by atoms with Crippen LogP contribution in [0.25, 0.3) is 0 Å². The molecule has 0 spiro atoms. The number of nitrogens with one attached hydrogen (secondary N) is 2. The van der Waals surface area contributed by atoms with Crippen LogP contribution >= 0.6 is 0 Å². The van der Waals surface area contributed by atoms with Gasteiger partial charge in [-0.05, 0) is 45.7 Å². The van der Waals surface area contributed by atoms with Crippen molar-refractivity contribution in [2.75, 3.05) is 19.6 Å². The van der Waals surface area contributed by atoms with E-state index in [0.717, 1.165) is 32.4 Å². The van der Waals surface area contributed by atoms with Crippen LogP contribution < -0.4 is 10.6 Å². The molecule has 1 aliphatic heterocycles. The maximum atomic E-state index is 11.9. The Morgan fingerprint density at radius 2 is 2.35 bits per heavy atom. The maximum absolute atomic E-state index is 11.9. The van der Waals surface area contributed by atoms with Crippen LogP contribution in [0.5, 0.6) is 0 Å². The summed E-state index contributed by atoms with van der Waals surface area (Å²) in [7, 11) is 0. The van der Waals surface area contributed by atoms with E-state index in [4.69, 9.17) is 5.11 Å². The van der Waals surface area contributed by atoms with Crippen LogP contribution in [0.1, 0.15) is 49.1 Å². The Morgan fingerprint density at radius 1 is 1.60 bits per heavy atom. The first kappa shape index (κ1) is 14.9. The fourth-order valence-corrected chi connectivity index (χ4v) is 2.32. The highest BCUT2D eigenvalue weighted by Crippen LogP contribution is 2.16. The number of piperidine rings is 1. The summed E-state index contributed by atoms with van der Waals surface area (Å²) in [6.07, 6.45) is 4.86. The Bertz CT molecular complexity index is 426. The standard InChI is InChI=1S/C13H23N5O2/c1-10(19)3-2-6-15-13(20)12-9-18(17-16-12)11-4-7-14-8-5-11/h9-11,14,19H,2-8H2,1H3,(H,15,20). The Labute approximate surface area is 118 Å².